The predicted octanol–water partition coefficient (Wildman–Crippen LogP) is 2.42. The highest BCUT2D eigenvalue weighted by Crippen LogP contribution is 2.13. The number of rotatable bonds is 5. The fraction of sp³-hybridized carbons (Fsp3) is 0.231. The third kappa shape index (κ3) is 3.22. The number of nitrogens with two attached hydrogens (primary N) is 1. The SMILES string of the molecule is NCc1cc(C(=O)CCc2cccs2)ccn1. The van der Waals surface area contributed by atoms with Crippen molar-refractivity contribution in [3.63, 3.8) is 0 Å². The van der Waals surface area contributed by atoms with Gasteiger partial charge in [0.15, 0.2) is 5.78 Å². The zero-order valence-corrected chi connectivity index (χ0v) is 10.2. The lowest BCUT2D eigenvalue weighted by molar-refractivity contribution is 0.0983. The number of Topliss-reactive ketones (excluding diaryl/α,β-unsaturated/α-hetero) is 1. The number of nitrogens with zero attached hydrogens (tertiary/aromatic N) is 1. The van der Waals surface area contributed by atoms with Crippen LogP contribution in [0.5, 0.6) is 0 Å². The molecule has 4 heteroatoms. The van der Waals surface area contributed by atoms with Gasteiger partial charge in [-0.1, -0.05) is 6.07 Å². The number of carbonyl (C=O) groups excluding carboxylic acids is 1. The predicted molar refractivity (Wildman–Crippen MR) is 69.1 cm³/mol. The topological polar surface area (TPSA) is 56.0 Å². The van der Waals surface area contributed by atoms with E-state index in [2.05, 4.69) is 11.1 Å². The maximum Gasteiger partial charge on any atom is 0.163 e. The van der Waals surface area contributed by atoms with Gasteiger partial charge in [-0.05, 0) is 30.0 Å². The summed E-state index contributed by atoms with van der Waals surface area (Å²) >= 11 is 1.68. The van der Waals surface area contributed by atoms with E-state index in [1.807, 2.05) is 11.4 Å². The molecule has 0 saturated carbocycles. The highest BCUT2D eigenvalue weighted by Gasteiger charge is 2.07. The molecule has 2 N–H and O–H groups in total. The van der Waals surface area contributed by atoms with E-state index in [0.717, 1.165) is 12.1 Å². The van der Waals surface area contributed by atoms with Crippen molar-refractivity contribution in [3.05, 3.63) is 52.0 Å². The number of hydrogen-bond donors (Lipinski definition) is 1. The number of ketones is 1. The van der Waals surface area contributed by atoms with Crippen molar-refractivity contribution in [2.45, 2.75) is 19.4 Å². The lowest BCUT2D eigenvalue weighted by Gasteiger charge is -2.02. The molecule has 3 nitrogen and oxygen atoms in total. The third-order valence-corrected chi connectivity index (χ3v) is 3.46. The molecule has 0 aliphatic rings. The molecule has 0 amide bonds. The molecule has 0 atom stereocenters. The van der Waals surface area contributed by atoms with E-state index in [4.69, 9.17) is 5.73 Å². The Balaban J connectivity index is 1.99. The molecule has 0 aliphatic heterocycles. The quantitative estimate of drug-likeness (QED) is 0.824. The second-order valence-corrected chi connectivity index (χ2v) is 4.77. The summed E-state index contributed by atoms with van der Waals surface area (Å²) in [5, 5.41) is 2.03. The van der Waals surface area contributed by atoms with Crippen molar-refractivity contribution in [1.29, 1.82) is 0 Å². The molecule has 2 rings (SSSR count). The first kappa shape index (κ1) is 12.0. The van der Waals surface area contributed by atoms with Gasteiger partial charge in [0.1, 0.15) is 0 Å². The lowest BCUT2D eigenvalue weighted by Crippen LogP contribution is -2.05. The van der Waals surface area contributed by atoms with E-state index in [0.29, 0.717) is 18.5 Å². The molecule has 0 aromatic carbocycles. The van der Waals surface area contributed by atoms with Crippen LogP contribution in [0, 0.1) is 0 Å². The van der Waals surface area contributed by atoms with Crippen molar-refractivity contribution in [1.82, 2.24) is 4.98 Å². The number of pyridine rings is 1. The van der Waals surface area contributed by atoms with Crippen LogP contribution in [0.15, 0.2) is 35.8 Å². The van der Waals surface area contributed by atoms with Crippen molar-refractivity contribution in [3.8, 4) is 0 Å². The van der Waals surface area contributed by atoms with Gasteiger partial charge in [-0.2, -0.15) is 0 Å². The summed E-state index contributed by atoms with van der Waals surface area (Å²) in [6.07, 6.45) is 2.98. The Morgan fingerprint density at radius 2 is 2.29 bits per heavy atom. The summed E-state index contributed by atoms with van der Waals surface area (Å²) in [4.78, 5) is 17.3. The molecular weight excluding hydrogens is 232 g/mol. The van der Waals surface area contributed by atoms with Crippen LogP contribution in [0.25, 0.3) is 0 Å². The van der Waals surface area contributed by atoms with E-state index in [9.17, 15) is 4.79 Å². The van der Waals surface area contributed by atoms with Crippen LogP contribution in [0.4, 0.5) is 0 Å². The van der Waals surface area contributed by atoms with Crippen LogP contribution in [0.3, 0.4) is 0 Å². The average Bonchev–Trinajstić information content (AvgIpc) is 2.89. The number of hydrogen-bond acceptors (Lipinski definition) is 4. The second kappa shape index (κ2) is 5.70. The molecule has 0 fully saturated rings. The van der Waals surface area contributed by atoms with Gasteiger partial charge in [0.05, 0.1) is 5.69 Å². The van der Waals surface area contributed by atoms with Crippen LogP contribution < -0.4 is 5.73 Å². The fourth-order valence-electron chi connectivity index (χ4n) is 1.60. The number of carbonyl (C=O) groups is 1. The smallest absolute Gasteiger partial charge is 0.163 e. The van der Waals surface area contributed by atoms with Gasteiger partial charge in [-0.3, -0.25) is 9.78 Å². The average molecular weight is 246 g/mol. The summed E-state index contributed by atoms with van der Waals surface area (Å²) in [7, 11) is 0. The number of aryl methyl sites for hydroxylation is 1. The first-order valence-corrected chi connectivity index (χ1v) is 6.38. The molecule has 0 unspecified atom stereocenters. The van der Waals surface area contributed by atoms with Gasteiger partial charge < -0.3 is 5.73 Å². The second-order valence-electron chi connectivity index (χ2n) is 3.74. The zero-order valence-electron chi connectivity index (χ0n) is 9.43. The Labute approximate surface area is 104 Å². The van der Waals surface area contributed by atoms with Gasteiger partial charge in [0.2, 0.25) is 0 Å². The minimum atomic E-state index is 0.149. The molecule has 0 radical (unpaired) electrons. The maximum atomic E-state index is 11.9. The lowest BCUT2D eigenvalue weighted by atomic mass is 10.1. The van der Waals surface area contributed by atoms with Crippen molar-refractivity contribution in [2.24, 2.45) is 5.73 Å². The molecular formula is C13H14N2OS. The van der Waals surface area contributed by atoms with E-state index >= 15 is 0 Å². The summed E-state index contributed by atoms with van der Waals surface area (Å²) in [6.45, 7) is 0.367. The van der Waals surface area contributed by atoms with Crippen molar-refractivity contribution in [2.75, 3.05) is 0 Å². The maximum absolute atomic E-state index is 11.9. The monoisotopic (exact) mass is 246 g/mol. The standard InChI is InChI=1S/C13H14N2OS/c14-9-11-8-10(5-6-15-11)13(16)4-3-12-2-1-7-17-12/h1-2,5-8H,3-4,9,14H2. The molecule has 0 aliphatic carbocycles. The minimum absolute atomic E-state index is 0.149. The van der Waals surface area contributed by atoms with E-state index in [1.54, 1.807) is 29.7 Å². The largest absolute Gasteiger partial charge is 0.325 e. The summed E-state index contributed by atoms with van der Waals surface area (Å²) in [5.74, 6) is 0.149. The van der Waals surface area contributed by atoms with Gasteiger partial charge in [-0.25, -0.2) is 0 Å². The van der Waals surface area contributed by atoms with Crippen molar-refractivity contribution < 1.29 is 4.79 Å². The Morgan fingerprint density at radius 1 is 1.41 bits per heavy atom. The van der Waals surface area contributed by atoms with Crippen LogP contribution in [-0.2, 0) is 13.0 Å². The van der Waals surface area contributed by atoms with Gasteiger partial charge in [-0.15, -0.1) is 11.3 Å². The molecule has 2 heterocycles. The Bertz CT molecular complexity index is 494. The fourth-order valence-corrected chi connectivity index (χ4v) is 2.31. The van der Waals surface area contributed by atoms with Crippen LogP contribution in [-0.4, -0.2) is 10.8 Å². The highest BCUT2D eigenvalue weighted by atomic mass is 32.1. The molecule has 0 bridgehead atoms. The molecule has 2 aromatic heterocycles. The molecule has 2 aromatic rings. The van der Waals surface area contributed by atoms with E-state index in [1.165, 1.54) is 4.88 Å². The molecule has 88 valence electrons. The van der Waals surface area contributed by atoms with E-state index < -0.39 is 0 Å². The number of thiophene rings is 1. The van der Waals surface area contributed by atoms with Crippen LogP contribution in [0.2, 0.25) is 0 Å². The Morgan fingerprint density at radius 3 is 3.00 bits per heavy atom. The molecule has 17 heavy (non-hydrogen) atoms. The van der Waals surface area contributed by atoms with E-state index in [-0.39, 0.29) is 5.78 Å². The first-order valence-electron chi connectivity index (χ1n) is 5.50. The van der Waals surface area contributed by atoms with Crippen molar-refractivity contribution >= 4 is 17.1 Å². The third-order valence-electron chi connectivity index (χ3n) is 2.53. The molecule has 0 spiro atoms. The Hall–Kier alpha value is -1.52. The number of aromatic nitrogens is 1. The zero-order chi connectivity index (χ0) is 12.1. The van der Waals surface area contributed by atoms with Crippen LogP contribution >= 0.6 is 11.3 Å². The normalized spacial score (nSPS) is 10.4. The minimum Gasteiger partial charge on any atom is -0.325 e. The van der Waals surface area contributed by atoms with Gasteiger partial charge >= 0.3 is 0 Å². The molecule has 0 saturated heterocycles. The van der Waals surface area contributed by atoms with Gasteiger partial charge in [0, 0.05) is 29.6 Å². The summed E-state index contributed by atoms with van der Waals surface area (Å²) in [6, 6.07) is 7.58. The van der Waals surface area contributed by atoms with Gasteiger partial charge in [0.25, 0.3) is 0 Å². The summed E-state index contributed by atoms with van der Waals surface area (Å²) < 4.78 is 0. The highest BCUT2D eigenvalue weighted by molar-refractivity contribution is 7.09. The first-order chi connectivity index (χ1) is 8.29. The summed E-state index contributed by atoms with van der Waals surface area (Å²) in [5.41, 5.74) is 6.96. The van der Waals surface area contributed by atoms with Crippen LogP contribution in [0.1, 0.15) is 27.3 Å². The Kier molecular flexibility index (Phi) is 4.01.